The monoisotopic (exact) mass is 275 g/mol. The Balaban J connectivity index is 2.35. The topological polar surface area (TPSA) is 51.5 Å². The number of nitrogens with one attached hydrogen (secondary N) is 1. The molecule has 1 heterocycles. The van der Waals surface area contributed by atoms with Crippen molar-refractivity contribution in [3.63, 3.8) is 0 Å². The maximum Gasteiger partial charge on any atom is 0.287 e. The summed E-state index contributed by atoms with van der Waals surface area (Å²) < 4.78 is 10.9. The average Bonchev–Trinajstić information content (AvgIpc) is 2.75. The molecule has 1 N–H and O–H groups in total. The smallest absolute Gasteiger partial charge is 0.287 e. The van der Waals surface area contributed by atoms with Gasteiger partial charge in [-0.2, -0.15) is 0 Å². The fourth-order valence-corrected chi connectivity index (χ4v) is 1.98. The molecule has 0 fully saturated rings. The second-order valence-electron chi connectivity index (χ2n) is 5.42. The second kappa shape index (κ2) is 5.57. The van der Waals surface area contributed by atoms with Crippen molar-refractivity contribution in [2.24, 2.45) is 5.92 Å². The van der Waals surface area contributed by atoms with Crippen LogP contribution in [0.15, 0.2) is 22.6 Å². The highest BCUT2D eigenvalue weighted by atomic mass is 16.5. The lowest BCUT2D eigenvalue weighted by molar-refractivity contribution is 0.0903. The first kappa shape index (κ1) is 14.4. The molecule has 1 aromatic carbocycles. The average molecular weight is 275 g/mol. The third kappa shape index (κ3) is 2.64. The quantitative estimate of drug-likeness (QED) is 0.928. The SMILES string of the molecule is COc1ccc2oc(C(=O)N[C@@H](C)C(C)C)c(C)c2c1. The summed E-state index contributed by atoms with van der Waals surface area (Å²) in [7, 11) is 1.62. The van der Waals surface area contributed by atoms with Crippen LogP contribution in [0.3, 0.4) is 0 Å². The number of rotatable bonds is 4. The largest absolute Gasteiger partial charge is 0.497 e. The van der Waals surface area contributed by atoms with E-state index in [2.05, 4.69) is 19.2 Å². The molecule has 1 aromatic heterocycles. The molecule has 0 aliphatic carbocycles. The van der Waals surface area contributed by atoms with Gasteiger partial charge in [0, 0.05) is 17.0 Å². The van der Waals surface area contributed by atoms with Crippen LogP contribution in [0.2, 0.25) is 0 Å². The summed E-state index contributed by atoms with van der Waals surface area (Å²) in [5, 5.41) is 3.87. The number of hydrogen-bond acceptors (Lipinski definition) is 3. The maximum atomic E-state index is 12.3. The fourth-order valence-electron chi connectivity index (χ4n) is 1.98. The second-order valence-corrected chi connectivity index (χ2v) is 5.42. The van der Waals surface area contributed by atoms with Crippen molar-refractivity contribution in [1.29, 1.82) is 0 Å². The van der Waals surface area contributed by atoms with Crippen LogP contribution in [-0.2, 0) is 0 Å². The summed E-state index contributed by atoms with van der Waals surface area (Å²) in [5.74, 6) is 1.34. The summed E-state index contributed by atoms with van der Waals surface area (Å²) >= 11 is 0. The number of aryl methyl sites for hydroxylation is 1. The first-order valence-corrected chi connectivity index (χ1v) is 6.82. The molecule has 0 aliphatic rings. The van der Waals surface area contributed by atoms with Crippen molar-refractivity contribution in [2.45, 2.75) is 33.7 Å². The fraction of sp³-hybridized carbons (Fsp3) is 0.438. The Labute approximate surface area is 119 Å². The van der Waals surface area contributed by atoms with Gasteiger partial charge >= 0.3 is 0 Å². The number of methoxy groups -OCH3 is 1. The summed E-state index contributed by atoms with van der Waals surface area (Å²) in [6.45, 7) is 8.02. The lowest BCUT2D eigenvalue weighted by atomic mass is 10.1. The van der Waals surface area contributed by atoms with Crippen LogP contribution in [0.5, 0.6) is 5.75 Å². The van der Waals surface area contributed by atoms with E-state index < -0.39 is 0 Å². The number of fused-ring (bicyclic) bond motifs is 1. The molecule has 20 heavy (non-hydrogen) atoms. The molecule has 0 radical (unpaired) electrons. The lowest BCUT2D eigenvalue weighted by Crippen LogP contribution is -2.36. The molecule has 0 spiro atoms. The van der Waals surface area contributed by atoms with E-state index in [1.165, 1.54) is 0 Å². The van der Waals surface area contributed by atoms with Gasteiger partial charge < -0.3 is 14.5 Å². The van der Waals surface area contributed by atoms with Gasteiger partial charge in [-0.25, -0.2) is 0 Å². The Morgan fingerprint density at radius 1 is 1.30 bits per heavy atom. The standard InChI is InChI=1S/C16H21NO3/c1-9(2)11(4)17-16(18)15-10(3)13-8-12(19-5)6-7-14(13)20-15/h6-9,11H,1-5H3,(H,17,18)/t11-/m0/s1. The molecule has 0 unspecified atom stereocenters. The number of benzene rings is 1. The van der Waals surface area contributed by atoms with E-state index in [4.69, 9.17) is 9.15 Å². The predicted molar refractivity (Wildman–Crippen MR) is 79.3 cm³/mol. The molecule has 0 aliphatic heterocycles. The molecule has 1 atom stereocenters. The van der Waals surface area contributed by atoms with E-state index in [1.807, 2.05) is 32.0 Å². The summed E-state index contributed by atoms with van der Waals surface area (Å²) in [6, 6.07) is 5.63. The van der Waals surface area contributed by atoms with E-state index in [-0.39, 0.29) is 11.9 Å². The van der Waals surface area contributed by atoms with Crippen LogP contribution >= 0.6 is 0 Å². The molecule has 2 aromatic rings. The normalized spacial score (nSPS) is 12.7. The molecular weight excluding hydrogens is 254 g/mol. The van der Waals surface area contributed by atoms with Crippen LogP contribution in [-0.4, -0.2) is 19.1 Å². The van der Waals surface area contributed by atoms with Crippen molar-refractivity contribution < 1.29 is 13.9 Å². The summed E-state index contributed by atoms with van der Waals surface area (Å²) in [6.07, 6.45) is 0. The number of ether oxygens (including phenoxy) is 1. The highest BCUT2D eigenvalue weighted by molar-refractivity contribution is 5.99. The molecule has 4 heteroatoms. The Bertz CT molecular complexity index is 628. The highest BCUT2D eigenvalue weighted by Gasteiger charge is 2.20. The van der Waals surface area contributed by atoms with Crippen LogP contribution < -0.4 is 10.1 Å². The van der Waals surface area contributed by atoms with Gasteiger partial charge in [0.1, 0.15) is 11.3 Å². The molecule has 0 saturated carbocycles. The van der Waals surface area contributed by atoms with Crippen molar-refractivity contribution in [3.05, 3.63) is 29.5 Å². The van der Waals surface area contributed by atoms with Crippen LogP contribution in [0.4, 0.5) is 0 Å². The van der Waals surface area contributed by atoms with E-state index in [0.29, 0.717) is 17.3 Å². The summed E-state index contributed by atoms with van der Waals surface area (Å²) in [4.78, 5) is 12.3. The van der Waals surface area contributed by atoms with Crippen molar-refractivity contribution in [3.8, 4) is 5.75 Å². The first-order chi connectivity index (χ1) is 9.43. The van der Waals surface area contributed by atoms with Gasteiger partial charge in [0.05, 0.1) is 7.11 Å². The summed E-state index contributed by atoms with van der Waals surface area (Å²) in [5.41, 5.74) is 1.54. The van der Waals surface area contributed by atoms with Crippen molar-refractivity contribution in [1.82, 2.24) is 5.32 Å². The molecule has 0 saturated heterocycles. The minimum absolute atomic E-state index is 0.102. The molecule has 2 rings (SSSR count). The minimum Gasteiger partial charge on any atom is -0.497 e. The Morgan fingerprint density at radius 2 is 2.00 bits per heavy atom. The third-order valence-electron chi connectivity index (χ3n) is 3.71. The zero-order chi connectivity index (χ0) is 14.9. The third-order valence-corrected chi connectivity index (χ3v) is 3.71. The van der Waals surface area contributed by atoms with Gasteiger partial charge in [-0.05, 0) is 38.0 Å². The molecule has 4 nitrogen and oxygen atoms in total. The predicted octanol–water partition coefficient (Wildman–Crippen LogP) is 3.52. The van der Waals surface area contributed by atoms with E-state index in [9.17, 15) is 4.79 Å². The van der Waals surface area contributed by atoms with E-state index in [0.717, 1.165) is 16.7 Å². The van der Waals surface area contributed by atoms with Crippen LogP contribution in [0, 0.1) is 12.8 Å². The van der Waals surface area contributed by atoms with Gasteiger partial charge in [-0.1, -0.05) is 13.8 Å². The number of hydrogen-bond donors (Lipinski definition) is 1. The van der Waals surface area contributed by atoms with Crippen LogP contribution in [0.25, 0.3) is 11.0 Å². The molecule has 0 bridgehead atoms. The van der Waals surface area contributed by atoms with Crippen LogP contribution in [0.1, 0.15) is 36.9 Å². The zero-order valence-electron chi connectivity index (χ0n) is 12.6. The number of carbonyl (C=O) groups excluding carboxylic acids is 1. The van der Waals surface area contributed by atoms with Gasteiger partial charge in [-0.3, -0.25) is 4.79 Å². The Hall–Kier alpha value is -1.97. The minimum atomic E-state index is -0.168. The van der Waals surface area contributed by atoms with Gasteiger partial charge in [0.2, 0.25) is 0 Å². The van der Waals surface area contributed by atoms with Gasteiger partial charge in [-0.15, -0.1) is 0 Å². The Morgan fingerprint density at radius 3 is 2.60 bits per heavy atom. The van der Waals surface area contributed by atoms with Gasteiger partial charge in [0.25, 0.3) is 5.91 Å². The lowest BCUT2D eigenvalue weighted by Gasteiger charge is -2.16. The Kier molecular flexibility index (Phi) is 4.02. The first-order valence-electron chi connectivity index (χ1n) is 6.82. The van der Waals surface area contributed by atoms with Crippen molar-refractivity contribution in [2.75, 3.05) is 7.11 Å². The number of amides is 1. The molecule has 1 amide bonds. The number of carbonyl (C=O) groups is 1. The van der Waals surface area contributed by atoms with Crippen molar-refractivity contribution >= 4 is 16.9 Å². The molecule has 108 valence electrons. The highest BCUT2D eigenvalue weighted by Crippen LogP contribution is 2.28. The number of furan rings is 1. The van der Waals surface area contributed by atoms with E-state index in [1.54, 1.807) is 7.11 Å². The maximum absolute atomic E-state index is 12.3. The zero-order valence-corrected chi connectivity index (χ0v) is 12.6. The van der Waals surface area contributed by atoms with E-state index >= 15 is 0 Å². The van der Waals surface area contributed by atoms with Gasteiger partial charge in [0.15, 0.2) is 5.76 Å². The molecular formula is C16H21NO3.